The molecule has 0 bridgehead atoms. The lowest BCUT2D eigenvalue weighted by molar-refractivity contribution is -0.138. The number of Topliss-reactive ketones (excluding diaryl/α,β-unsaturated/α-hetero) is 4. The van der Waals surface area contributed by atoms with Crippen LogP contribution in [0.4, 0.5) is 0 Å². The van der Waals surface area contributed by atoms with Gasteiger partial charge in [-0.3, -0.25) is 47.9 Å². The van der Waals surface area contributed by atoms with Gasteiger partial charge < -0.3 is 70.2 Å². The molecule has 23 heteroatoms. The first-order chi connectivity index (χ1) is 35.3. The van der Waals surface area contributed by atoms with Crippen molar-refractivity contribution in [3.8, 4) is 0 Å². The van der Waals surface area contributed by atoms with E-state index in [0.717, 1.165) is 19.3 Å². The molecule has 0 aromatic carbocycles. The molecular formula is C52H94N10O13. The number of rotatable bonds is 27. The van der Waals surface area contributed by atoms with Gasteiger partial charge in [0.1, 0.15) is 18.2 Å². The molecule has 1 saturated heterocycles. The number of aliphatic hydroxyl groups excluding tert-OH is 3. The maximum absolute atomic E-state index is 14.4. The first-order valence-corrected chi connectivity index (χ1v) is 27.1. The number of hydrogen-bond acceptors (Lipinski definition) is 17. The predicted molar refractivity (Wildman–Crippen MR) is 281 cm³/mol. The second-order valence-electron chi connectivity index (χ2n) is 21.1. The molecule has 75 heavy (non-hydrogen) atoms. The van der Waals surface area contributed by atoms with E-state index in [1.807, 2.05) is 34.6 Å². The molecule has 0 aliphatic carbocycles. The van der Waals surface area contributed by atoms with Crippen LogP contribution in [0.15, 0.2) is 0 Å². The van der Waals surface area contributed by atoms with E-state index >= 15 is 0 Å². The third-order valence-electron chi connectivity index (χ3n) is 13.5. The summed E-state index contributed by atoms with van der Waals surface area (Å²) in [5.74, 6) is -12.6. The zero-order chi connectivity index (χ0) is 56.9. The van der Waals surface area contributed by atoms with Crippen LogP contribution in [-0.4, -0.2) is 155 Å². The molecule has 0 saturated carbocycles. The summed E-state index contributed by atoms with van der Waals surface area (Å²) >= 11 is 0. The molecule has 0 radical (unpaired) electrons. The van der Waals surface area contributed by atoms with Crippen molar-refractivity contribution in [2.75, 3.05) is 32.7 Å². The van der Waals surface area contributed by atoms with E-state index in [2.05, 4.69) is 31.9 Å². The number of amides is 6. The van der Waals surface area contributed by atoms with Crippen molar-refractivity contribution in [1.82, 2.24) is 31.9 Å². The highest BCUT2D eigenvalue weighted by Gasteiger charge is 2.38. The summed E-state index contributed by atoms with van der Waals surface area (Å²) in [4.78, 5) is 139. The number of nitrogens with two attached hydrogens (primary N) is 4. The van der Waals surface area contributed by atoms with Crippen molar-refractivity contribution in [1.29, 1.82) is 0 Å². The molecule has 0 spiro atoms. The average molecular weight is 1070 g/mol. The molecule has 1 fully saturated rings. The van der Waals surface area contributed by atoms with Crippen LogP contribution in [0.3, 0.4) is 0 Å². The minimum Gasteiger partial charge on any atom is -0.393 e. The summed E-state index contributed by atoms with van der Waals surface area (Å²) in [7, 11) is 0. The van der Waals surface area contributed by atoms with Gasteiger partial charge in [-0.1, -0.05) is 60.3 Å². The standard InChI is InChI=1S/C52H94N10O13/c1-8-9-10-11-12-42(65)46(69)28-36(32(7)64)50(73)59-38(14-19-54)43(66)25-33-17-22-57-49(72)35(31(6)63)27-45(68)39(15-20-55)60-51(74)40(16-21-56)61-52(75)41(24-30(4)5)62-48(71)34(23-29(2)3)26-44(67)37(13-18-53)58-47(33)70/h29-42,63-65H,8-28,53-56H2,1-7H3,(H,57,72)(H,58,70)(H,59,73)(H,60,74)(H,61,75)(H,62,71)/t31?,32?,33-,34+,35+,36+,37+,38+,39+,40+,41+,42?/m1/s1. The molecule has 1 aliphatic heterocycles. The molecule has 430 valence electrons. The zero-order valence-electron chi connectivity index (χ0n) is 45.7. The number of carbonyl (C=O) groups excluding carboxylic acids is 10. The van der Waals surface area contributed by atoms with Crippen molar-refractivity contribution in [2.24, 2.45) is 58.4 Å². The summed E-state index contributed by atoms with van der Waals surface area (Å²) in [6.07, 6.45) is -3.10. The highest BCUT2D eigenvalue weighted by atomic mass is 16.3. The second kappa shape index (κ2) is 36.3. The Bertz CT molecular complexity index is 1850. The van der Waals surface area contributed by atoms with E-state index in [0.29, 0.717) is 6.42 Å². The lowest BCUT2D eigenvalue weighted by Gasteiger charge is -2.28. The summed E-state index contributed by atoms with van der Waals surface area (Å²) in [6.45, 7) is 11.3. The summed E-state index contributed by atoms with van der Waals surface area (Å²) in [6, 6.07) is -6.33. The number of aliphatic hydroxyl groups is 3. The van der Waals surface area contributed by atoms with E-state index in [-0.39, 0.29) is 95.9 Å². The maximum Gasteiger partial charge on any atom is 0.243 e. The molecule has 0 aromatic heterocycles. The van der Waals surface area contributed by atoms with Crippen molar-refractivity contribution in [2.45, 2.75) is 200 Å². The van der Waals surface area contributed by atoms with Gasteiger partial charge in [0.15, 0.2) is 23.1 Å². The molecule has 6 amide bonds. The largest absolute Gasteiger partial charge is 0.393 e. The normalized spacial score (nSPS) is 24.5. The van der Waals surface area contributed by atoms with Gasteiger partial charge >= 0.3 is 0 Å². The number of unbranched alkanes of at least 4 members (excludes halogenated alkanes) is 3. The van der Waals surface area contributed by atoms with Gasteiger partial charge in [0, 0.05) is 44.1 Å². The molecule has 12 atom stereocenters. The first-order valence-electron chi connectivity index (χ1n) is 27.1. The Labute approximate surface area is 443 Å². The molecule has 23 nitrogen and oxygen atoms in total. The Balaban J connectivity index is 3.85. The fourth-order valence-corrected chi connectivity index (χ4v) is 9.03. The van der Waals surface area contributed by atoms with Crippen LogP contribution in [0.25, 0.3) is 0 Å². The van der Waals surface area contributed by atoms with Crippen LogP contribution in [0.5, 0.6) is 0 Å². The highest BCUT2D eigenvalue weighted by Crippen LogP contribution is 2.22. The molecule has 3 unspecified atom stereocenters. The van der Waals surface area contributed by atoms with Crippen LogP contribution in [0, 0.1) is 35.5 Å². The van der Waals surface area contributed by atoms with Crippen LogP contribution >= 0.6 is 0 Å². The molecule has 1 aliphatic rings. The smallest absolute Gasteiger partial charge is 0.243 e. The van der Waals surface area contributed by atoms with Crippen LogP contribution in [-0.2, 0) is 47.9 Å². The van der Waals surface area contributed by atoms with Gasteiger partial charge in [-0.15, -0.1) is 0 Å². The van der Waals surface area contributed by atoms with E-state index in [9.17, 15) is 63.3 Å². The SMILES string of the molecule is CCCCCCC(O)C(=O)C[C@H](C(=O)N[C@@H](CCN)C(=O)C[C@H]1CCNC(=O)[C@H](C(C)O)CC(=O)[C@H](CCN)NC(=O)[C@H](CCN)NC(=O)[C@H](CC(C)C)NC(=O)[C@@H](CC(C)C)CC(=O)[C@H](CCN)NC1=O)C(C)O. The number of ketones is 4. The van der Waals surface area contributed by atoms with Crippen molar-refractivity contribution in [3.05, 3.63) is 0 Å². The van der Waals surface area contributed by atoms with Gasteiger partial charge in [-0.2, -0.15) is 0 Å². The lowest BCUT2D eigenvalue weighted by atomic mass is 9.88. The lowest BCUT2D eigenvalue weighted by Crippen LogP contribution is -2.57. The number of carbonyl (C=O) groups is 10. The topological polar surface area (TPSA) is 408 Å². The van der Waals surface area contributed by atoms with Crippen LogP contribution in [0.1, 0.15) is 151 Å². The Kier molecular flexibility index (Phi) is 33.0. The van der Waals surface area contributed by atoms with Gasteiger partial charge in [0.25, 0.3) is 0 Å². The molecule has 1 rings (SSSR count). The molecule has 1 heterocycles. The molecule has 17 N–H and O–H groups in total. The van der Waals surface area contributed by atoms with E-state index in [1.54, 1.807) is 0 Å². The Morgan fingerprint density at radius 2 is 1.12 bits per heavy atom. The third kappa shape index (κ3) is 25.3. The minimum absolute atomic E-state index is 0.0578. The minimum atomic E-state index is -1.41. The van der Waals surface area contributed by atoms with E-state index in [1.165, 1.54) is 13.8 Å². The fourth-order valence-electron chi connectivity index (χ4n) is 9.03. The van der Waals surface area contributed by atoms with Crippen LogP contribution < -0.4 is 54.8 Å². The quantitative estimate of drug-likeness (QED) is 0.0430. The Morgan fingerprint density at radius 1 is 0.600 bits per heavy atom. The number of hydrogen-bond donors (Lipinski definition) is 13. The van der Waals surface area contributed by atoms with E-state index in [4.69, 9.17) is 22.9 Å². The van der Waals surface area contributed by atoms with E-state index < -0.39 is 156 Å². The summed E-state index contributed by atoms with van der Waals surface area (Å²) in [5, 5.41) is 47.9. The predicted octanol–water partition coefficient (Wildman–Crippen LogP) is -1.19. The first kappa shape index (κ1) is 68.2. The summed E-state index contributed by atoms with van der Waals surface area (Å²) in [5.41, 5.74) is 23.5. The van der Waals surface area contributed by atoms with Gasteiger partial charge in [0.05, 0.1) is 42.2 Å². The van der Waals surface area contributed by atoms with Gasteiger partial charge in [-0.25, -0.2) is 0 Å². The Hall–Kier alpha value is -4.78. The maximum atomic E-state index is 14.4. The fraction of sp³-hybridized carbons (Fsp3) is 0.808. The van der Waals surface area contributed by atoms with Gasteiger partial charge in [-0.05, 0) is 103 Å². The van der Waals surface area contributed by atoms with Crippen LogP contribution in [0.2, 0.25) is 0 Å². The van der Waals surface area contributed by atoms with Crippen molar-refractivity contribution in [3.63, 3.8) is 0 Å². The zero-order valence-corrected chi connectivity index (χ0v) is 45.7. The monoisotopic (exact) mass is 1070 g/mol. The van der Waals surface area contributed by atoms with Gasteiger partial charge in [0.2, 0.25) is 35.4 Å². The Morgan fingerprint density at radius 3 is 1.65 bits per heavy atom. The molecular weight excluding hydrogens is 973 g/mol. The average Bonchev–Trinajstić information content (AvgIpc) is 3.33. The number of nitrogens with one attached hydrogen (secondary N) is 6. The third-order valence-corrected chi connectivity index (χ3v) is 13.5. The second-order valence-corrected chi connectivity index (χ2v) is 21.1. The highest BCUT2D eigenvalue weighted by molar-refractivity contribution is 5.98. The van der Waals surface area contributed by atoms with Crippen molar-refractivity contribution < 1.29 is 63.3 Å². The summed E-state index contributed by atoms with van der Waals surface area (Å²) < 4.78 is 0. The van der Waals surface area contributed by atoms with Crippen molar-refractivity contribution >= 4 is 58.6 Å². The molecule has 0 aromatic rings.